The third-order valence-corrected chi connectivity index (χ3v) is 12.2. The van der Waals surface area contributed by atoms with Gasteiger partial charge < -0.3 is 9.64 Å². The van der Waals surface area contributed by atoms with Crippen LogP contribution in [-0.4, -0.2) is 29.9 Å². The number of hydrogen-bond donors (Lipinski definition) is 0. The molecule has 3 saturated carbocycles. The van der Waals surface area contributed by atoms with Crippen LogP contribution < -0.4 is 4.74 Å². The van der Waals surface area contributed by atoms with E-state index < -0.39 is 0 Å². The molecule has 4 aliphatic rings. The van der Waals surface area contributed by atoms with Crippen molar-refractivity contribution >= 4 is 11.9 Å². The van der Waals surface area contributed by atoms with Crippen LogP contribution in [0.5, 0.6) is 5.75 Å². The Labute approximate surface area is 237 Å². The van der Waals surface area contributed by atoms with Crippen molar-refractivity contribution in [3.05, 3.63) is 30.3 Å². The number of carbonyl (C=O) groups is 2. The summed E-state index contributed by atoms with van der Waals surface area (Å²) >= 11 is 0. The fourth-order valence-corrected chi connectivity index (χ4v) is 9.95. The monoisotopic (exact) mass is 535 g/mol. The van der Waals surface area contributed by atoms with E-state index in [9.17, 15) is 9.59 Å². The Morgan fingerprint density at radius 2 is 1.54 bits per heavy atom. The van der Waals surface area contributed by atoms with Gasteiger partial charge in [0.25, 0.3) is 0 Å². The van der Waals surface area contributed by atoms with E-state index in [1.165, 1.54) is 77.0 Å². The minimum atomic E-state index is -0.109. The van der Waals surface area contributed by atoms with E-state index in [0.29, 0.717) is 34.9 Å². The second-order valence-electron chi connectivity index (χ2n) is 14.1. The molecule has 3 aliphatic carbocycles. The zero-order valence-corrected chi connectivity index (χ0v) is 25.0. The quantitative estimate of drug-likeness (QED) is 0.162. The number of esters is 1. The van der Waals surface area contributed by atoms with E-state index in [0.717, 1.165) is 49.4 Å². The van der Waals surface area contributed by atoms with Crippen LogP contribution in [0.1, 0.15) is 123 Å². The maximum Gasteiger partial charge on any atom is 0.311 e. The lowest BCUT2D eigenvalue weighted by molar-refractivity contribution is -0.158. The van der Waals surface area contributed by atoms with E-state index in [-0.39, 0.29) is 5.97 Å². The zero-order chi connectivity index (χ0) is 27.5. The standard InChI is InChI=1S/C35H53NO3/c1-34-24-22-30-28(19-21-31-35(30,2)25-23-32(37)36(31)3)29(34)20-18-26(34)14-10-7-5-4-6-8-13-17-33(38)39-27-15-11-9-12-16-27/h9,11-12,15-16,26,28-31H,4-8,10,13-14,17-25H2,1-3H3/t26?,28-,29-,30+,31?,34+,35+/m0/s1. The van der Waals surface area contributed by atoms with Crippen molar-refractivity contribution in [2.75, 3.05) is 7.05 Å². The molecule has 1 aromatic rings. The summed E-state index contributed by atoms with van der Waals surface area (Å²) < 4.78 is 5.38. The topological polar surface area (TPSA) is 46.6 Å². The smallest absolute Gasteiger partial charge is 0.311 e. The van der Waals surface area contributed by atoms with E-state index in [2.05, 4.69) is 25.8 Å². The normalized spacial score (nSPS) is 35.7. The number of unbranched alkanes of at least 4 members (excludes halogenated alkanes) is 6. The van der Waals surface area contributed by atoms with Crippen molar-refractivity contribution in [2.24, 2.45) is 34.5 Å². The van der Waals surface area contributed by atoms with Gasteiger partial charge >= 0.3 is 5.97 Å². The summed E-state index contributed by atoms with van der Waals surface area (Å²) in [6.45, 7) is 5.21. The predicted octanol–water partition coefficient (Wildman–Crippen LogP) is 8.58. The Morgan fingerprint density at radius 1 is 0.846 bits per heavy atom. The molecule has 4 fully saturated rings. The van der Waals surface area contributed by atoms with Crippen molar-refractivity contribution in [1.82, 2.24) is 4.90 Å². The number of piperidine rings is 1. The molecule has 0 N–H and O–H groups in total. The minimum absolute atomic E-state index is 0.109. The molecule has 1 heterocycles. The second-order valence-corrected chi connectivity index (χ2v) is 14.1. The number of ether oxygens (including phenoxy) is 1. The number of likely N-dealkylation sites (tertiary alicyclic amines) is 1. The van der Waals surface area contributed by atoms with Gasteiger partial charge in [-0.05, 0) is 104 Å². The van der Waals surface area contributed by atoms with Gasteiger partial charge in [-0.3, -0.25) is 9.59 Å². The van der Waals surface area contributed by atoms with Crippen molar-refractivity contribution in [3.63, 3.8) is 0 Å². The van der Waals surface area contributed by atoms with Gasteiger partial charge in [-0.2, -0.15) is 0 Å². The zero-order valence-electron chi connectivity index (χ0n) is 25.0. The lowest BCUT2D eigenvalue weighted by Crippen LogP contribution is -2.61. The summed E-state index contributed by atoms with van der Waals surface area (Å²) in [5.41, 5.74) is 0.891. The molecule has 0 bridgehead atoms. The number of amides is 1. The van der Waals surface area contributed by atoms with Crippen LogP contribution in [0.4, 0.5) is 0 Å². The molecule has 1 aromatic carbocycles. The first-order chi connectivity index (χ1) is 18.8. The van der Waals surface area contributed by atoms with Gasteiger partial charge in [-0.15, -0.1) is 0 Å². The number of rotatable bonds is 11. The molecular weight excluding hydrogens is 482 g/mol. The number of carbonyl (C=O) groups excluding carboxylic acids is 2. The molecule has 2 unspecified atom stereocenters. The molecule has 0 aromatic heterocycles. The summed E-state index contributed by atoms with van der Waals surface area (Å²) in [5, 5.41) is 0. The highest BCUT2D eigenvalue weighted by molar-refractivity contribution is 5.77. The first-order valence-electron chi connectivity index (χ1n) is 16.3. The molecule has 5 rings (SSSR count). The van der Waals surface area contributed by atoms with Gasteiger partial charge in [0.1, 0.15) is 5.75 Å². The van der Waals surface area contributed by atoms with E-state index >= 15 is 0 Å². The maximum atomic E-state index is 12.4. The number of nitrogens with zero attached hydrogens (tertiary/aromatic N) is 1. The SMILES string of the molecule is CN1C(=O)CC[C@@]2(C)C1CC[C@@H]1[C@H]2CC[C@]2(C)C(CCCCCCCCCC(=O)Oc3ccccc3)CC[C@@H]12. The van der Waals surface area contributed by atoms with Gasteiger partial charge in [-0.1, -0.05) is 70.6 Å². The van der Waals surface area contributed by atoms with E-state index in [4.69, 9.17) is 4.74 Å². The molecule has 0 spiro atoms. The molecule has 7 atom stereocenters. The highest BCUT2D eigenvalue weighted by Gasteiger charge is 2.60. The molecule has 4 nitrogen and oxygen atoms in total. The van der Waals surface area contributed by atoms with Crippen LogP contribution in [0.25, 0.3) is 0 Å². The lowest BCUT2D eigenvalue weighted by Gasteiger charge is -2.62. The fourth-order valence-electron chi connectivity index (χ4n) is 9.95. The highest BCUT2D eigenvalue weighted by Crippen LogP contribution is 2.66. The van der Waals surface area contributed by atoms with Gasteiger partial charge in [0.15, 0.2) is 0 Å². The molecule has 1 amide bonds. The first-order valence-corrected chi connectivity index (χ1v) is 16.3. The van der Waals surface area contributed by atoms with Crippen molar-refractivity contribution < 1.29 is 14.3 Å². The second kappa shape index (κ2) is 12.4. The Bertz CT molecular complexity index is 977. The number of benzene rings is 1. The van der Waals surface area contributed by atoms with Crippen molar-refractivity contribution in [3.8, 4) is 5.75 Å². The van der Waals surface area contributed by atoms with Crippen molar-refractivity contribution in [1.29, 1.82) is 0 Å². The minimum Gasteiger partial charge on any atom is -0.427 e. The van der Waals surface area contributed by atoms with E-state index in [1.54, 1.807) is 0 Å². The largest absolute Gasteiger partial charge is 0.427 e. The van der Waals surface area contributed by atoms with E-state index in [1.807, 2.05) is 30.3 Å². The summed E-state index contributed by atoms with van der Waals surface area (Å²) in [4.78, 5) is 26.5. The average molecular weight is 536 g/mol. The average Bonchev–Trinajstić information content (AvgIpc) is 3.27. The lowest BCUT2D eigenvalue weighted by atomic mass is 9.46. The van der Waals surface area contributed by atoms with Crippen LogP contribution in [-0.2, 0) is 9.59 Å². The Hall–Kier alpha value is -1.84. The molecular formula is C35H53NO3. The molecule has 1 aliphatic heterocycles. The summed E-state index contributed by atoms with van der Waals surface area (Å²) in [6.07, 6.45) is 20.7. The first kappa shape index (κ1) is 28.7. The van der Waals surface area contributed by atoms with Crippen LogP contribution in [0, 0.1) is 34.5 Å². The number of fused-ring (bicyclic) bond motifs is 5. The van der Waals surface area contributed by atoms with Gasteiger partial charge in [0.05, 0.1) is 0 Å². The Balaban J connectivity index is 0.988. The Morgan fingerprint density at radius 3 is 2.31 bits per heavy atom. The summed E-state index contributed by atoms with van der Waals surface area (Å²) in [7, 11) is 2.08. The van der Waals surface area contributed by atoms with Gasteiger partial charge in [-0.25, -0.2) is 0 Å². The van der Waals surface area contributed by atoms with Crippen LogP contribution in [0.2, 0.25) is 0 Å². The third-order valence-electron chi connectivity index (χ3n) is 12.2. The highest BCUT2D eigenvalue weighted by atomic mass is 16.5. The number of hydrogen-bond acceptors (Lipinski definition) is 3. The van der Waals surface area contributed by atoms with Gasteiger partial charge in [0.2, 0.25) is 5.91 Å². The molecule has 1 saturated heterocycles. The van der Waals surface area contributed by atoms with Crippen LogP contribution >= 0.6 is 0 Å². The number of para-hydroxylation sites is 1. The molecule has 39 heavy (non-hydrogen) atoms. The predicted molar refractivity (Wildman–Crippen MR) is 157 cm³/mol. The van der Waals surface area contributed by atoms with Crippen molar-refractivity contribution in [2.45, 2.75) is 129 Å². The summed E-state index contributed by atoms with van der Waals surface area (Å²) in [5.74, 6) is 4.46. The summed E-state index contributed by atoms with van der Waals surface area (Å²) in [6, 6.07) is 9.86. The molecule has 4 heteroatoms. The maximum absolute atomic E-state index is 12.4. The molecule has 0 radical (unpaired) electrons. The third kappa shape index (κ3) is 5.96. The Kier molecular flexibility index (Phi) is 9.08. The van der Waals surface area contributed by atoms with Gasteiger partial charge in [0, 0.05) is 25.9 Å². The molecule has 216 valence electrons. The van der Waals surface area contributed by atoms with Crippen LogP contribution in [0.15, 0.2) is 30.3 Å². The van der Waals surface area contributed by atoms with Crippen LogP contribution in [0.3, 0.4) is 0 Å². The fraction of sp³-hybridized carbons (Fsp3) is 0.771.